The summed E-state index contributed by atoms with van der Waals surface area (Å²) in [7, 11) is 0. The number of piperidine rings is 2. The van der Waals surface area contributed by atoms with Crippen molar-refractivity contribution in [2.45, 2.75) is 64.0 Å². The van der Waals surface area contributed by atoms with Gasteiger partial charge in [-0.2, -0.15) is 0 Å². The summed E-state index contributed by atoms with van der Waals surface area (Å²) < 4.78 is 0. The van der Waals surface area contributed by atoms with Gasteiger partial charge in [-0.15, -0.1) is 0 Å². The first kappa shape index (κ1) is 20.7. The zero-order valence-electron chi connectivity index (χ0n) is 18.1. The fraction of sp³-hybridized carbons (Fsp3) is 0.708. The van der Waals surface area contributed by atoms with Crippen molar-refractivity contribution in [3.63, 3.8) is 0 Å². The number of anilines is 1. The molecule has 5 nitrogen and oxygen atoms in total. The number of rotatable bonds is 3. The zero-order valence-corrected chi connectivity index (χ0v) is 18.1. The molecule has 3 aliphatic heterocycles. The molecule has 0 aromatic heterocycles. The first-order chi connectivity index (χ1) is 13.9. The van der Waals surface area contributed by atoms with Crippen molar-refractivity contribution in [2.75, 3.05) is 44.2 Å². The number of nitrogens with zero attached hydrogens (tertiary/aromatic N) is 3. The zero-order chi connectivity index (χ0) is 20.4. The Morgan fingerprint density at radius 2 is 1.79 bits per heavy atom. The van der Waals surface area contributed by atoms with E-state index in [-0.39, 0.29) is 5.91 Å². The lowest BCUT2D eigenvalue weighted by Gasteiger charge is -2.46. The molecule has 3 aliphatic rings. The van der Waals surface area contributed by atoms with Gasteiger partial charge in [-0.3, -0.25) is 4.79 Å². The van der Waals surface area contributed by atoms with Gasteiger partial charge in [-0.05, 0) is 57.1 Å². The van der Waals surface area contributed by atoms with Crippen molar-refractivity contribution in [2.24, 2.45) is 5.92 Å². The van der Waals surface area contributed by atoms with Gasteiger partial charge < -0.3 is 19.8 Å². The van der Waals surface area contributed by atoms with Gasteiger partial charge in [0.25, 0.3) is 0 Å². The van der Waals surface area contributed by atoms with E-state index >= 15 is 0 Å². The number of hydrogen-bond acceptors (Lipinski definition) is 4. The topological polar surface area (TPSA) is 47.0 Å². The highest BCUT2D eigenvalue weighted by Gasteiger charge is 2.39. The highest BCUT2D eigenvalue weighted by molar-refractivity contribution is 5.73. The molecule has 1 aromatic rings. The van der Waals surface area contributed by atoms with Crippen molar-refractivity contribution in [1.29, 1.82) is 0 Å². The maximum absolute atomic E-state index is 12.1. The van der Waals surface area contributed by atoms with Gasteiger partial charge in [0.2, 0.25) is 5.91 Å². The normalized spacial score (nSPS) is 28.0. The molecule has 0 unspecified atom stereocenters. The number of fused-ring (bicyclic) bond motifs is 1. The van der Waals surface area contributed by atoms with Crippen LogP contribution in [0.5, 0.6) is 0 Å². The van der Waals surface area contributed by atoms with Gasteiger partial charge in [-0.25, -0.2) is 0 Å². The molecule has 5 heteroatoms. The maximum Gasteiger partial charge on any atom is 0.219 e. The van der Waals surface area contributed by atoms with Gasteiger partial charge in [0.15, 0.2) is 0 Å². The number of likely N-dealkylation sites (tertiary alicyclic amines) is 2. The number of hydrogen-bond donors (Lipinski definition) is 1. The third-order valence-electron chi connectivity index (χ3n) is 7.42. The van der Waals surface area contributed by atoms with Crippen molar-refractivity contribution in [1.82, 2.24) is 9.80 Å². The van der Waals surface area contributed by atoms with Gasteiger partial charge in [0.05, 0.1) is 5.60 Å². The van der Waals surface area contributed by atoms with Crippen LogP contribution in [0.3, 0.4) is 0 Å². The van der Waals surface area contributed by atoms with Crippen LogP contribution in [0.15, 0.2) is 24.3 Å². The summed E-state index contributed by atoms with van der Waals surface area (Å²) in [5.74, 6) is 0.795. The van der Waals surface area contributed by atoms with E-state index in [2.05, 4.69) is 45.9 Å². The highest BCUT2D eigenvalue weighted by Crippen LogP contribution is 2.33. The first-order valence-electron chi connectivity index (χ1n) is 11.5. The van der Waals surface area contributed by atoms with E-state index in [0.717, 1.165) is 65.0 Å². The highest BCUT2D eigenvalue weighted by atomic mass is 16.3. The molecular weight excluding hydrogens is 362 g/mol. The molecule has 1 amide bonds. The van der Waals surface area contributed by atoms with Crippen LogP contribution in [0, 0.1) is 12.8 Å². The van der Waals surface area contributed by atoms with E-state index < -0.39 is 5.60 Å². The van der Waals surface area contributed by atoms with E-state index in [0.29, 0.717) is 12.0 Å². The van der Waals surface area contributed by atoms with Crippen LogP contribution in [-0.4, -0.2) is 71.7 Å². The number of amides is 1. The number of aryl methyl sites for hydroxylation is 1. The summed E-state index contributed by atoms with van der Waals surface area (Å²) in [5.41, 5.74) is 1.97. The Morgan fingerprint density at radius 3 is 2.48 bits per heavy atom. The van der Waals surface area contributed by atoms with Gasteiger partial charge in [0, 0.05) is 57.9 Å². The van der Waals surface area contributed by atoms with Crippen LogP contribution >= 0.6 is 0 Å². The number of β-amino-alcohol motifs (C(OH)–C–C–N with tert-alkyl or cyclic N) is 1. The van der Waals surface area contributed by atoms with Crippen LogP contribution in [0.25, 0.3) is 0 Å². The Morgan fingerprint density at radius 1 is 1.07 bits per heavy atom. The second-order valence-corrected chi connectivity index (χ2v) is 9.61. The van der Waals surface area contributed by atoms with E-state index in [9.17, 15) is 9.90 Å². The predicted molar refractivity (Wildman–Crippen MR) is 117 cm³/mol. The average Bonchev–Trinajstić information content (AvgIpc) is 2.91. The third kappa shape index (κ3) is 4.77. The summed E-state index contributed by atoms with van der Waals surface area (Å²) >= 11 is 0. The summed E-state index contributed by atoms with van der Waals surface area (Å²) in [6.07, 6.45) is 6.26. The van der Waals surface area contributed by atoms with Crippen LogP contribution < -0.4 is 4.90 Å². The van der Waals surface area contributed by atoms with E-state index in [1.165, 1.54) is 24.1 Å². The molecule has 160 valence electrons. The number of benzene rings is 1. The van der Waals surface area contributed by atoms with Crippen molar-refractivity contribution in [3.05, 3.63) is 29.8 Å². The quantitative estimate of drug-likeness (QED) is 0.849. The molecule has 0 radical (unpaired) electrons. The van der Waals surface area contributed by atoms with Crippen LogP contribution in [0.2, 0.25) is 0 Å². The van der Waals surface area contributed by atoms with E-state index in [1.54, 1.807) is 6.92 Å². The SMILES string of the molecule is CC(=O)N1CCCC[C@H]2CN(CC3(O)CCN(c4ccc(C)cc4)CC3)CC[C@H]21. The maximum atomic E-state index is 12.1. The smallest absolute Gasteiger partial charge is 0.219 e. The van der Waals surface area contributed by atoms with Crippen molar-refractivity contribution >= 4 is 11.6 Å². The summed E-state index contributed by atoms with van der Waals surface area (Å²) in [5, 5.41) is 11.3. The molecule has 0 bridgehead atoms. The average molecular weight is 400 g/mol. The molecule has 3 heterocycles. The molecule has 1 aromatic carbocycles. The second-order valence-electron chi connectivity index (χ2n) is 9.61. The van der Waals surface area contributed by atoms with Crippen molar-refractivity contribution < 1.29 is 9.90 Å². The fourth-order valence-corrected chi connectivity index (χ4v) is 5.69. The molecule has 0 saturated carbocycles. The number of carbonyl (C=O) groups is 1. The Bertz CT molecular complexity index is 697. The van der Waals surface area contributed by atoms with Gasteiger partial charge >= 0.3 is 0 Å². The molecule has 3 fully saturated rings. The first-order valence-corrected chi connectivity index (χ1v) is 11.5. The molecule has 3 saturated heterocycles. The molecule has 29 heavy (non-hydrogen) atoms. The lowest BCUT2D eigenvalue weighted by Crippen LogP contribution is -2.56. The molecule has 2 atom stereocenters. The lowest BCUT2D eigenvalue weighted by atomic mass is 9.85. The standard InChI is InChI=1S/C24H37N3O2/c1-19-6-8-22(9-7-19)26-15-11-24(29,12-16-26)18-25-14-10-23-21(17-25)5-3-4-13-27(23)20(2)28/h6-9,21,23,29H,3-5,10-18H2,1-2H3/t21-,23+/m0/s1. The fourth-order valence-electron chi connectivity index (χ4n) is 5.69. The van der Waals surface area contributed by atoms with Crippen LogP contribution in [0.1, 0.15) is 51.0 Å². The minimum absolute atomic E-state index is 0.234. The largest absolute Gasteiger partial charge is 0.388 e. The molecule has 1 N–H and O–H groups in total. The van der Waals surface area contributed by atoms with E-state index in [4.69, 9.17) is 0 Å². The monoisotopic (exact) mass is 399 g/mol. The van der Waals surface area contributed by atoms with Gasteiger partial charge in [0.1, 0.15) is 0 Å². The molecular formula is C24H37N3O2. The number of carbonyl (C=O) groups excluding carboxylic acids is 1. The summed E-state index contributed by atoms with van der Waals surface area (Å²) in [6, 6.07) is 9.12. The lowest BCUT2D eigenvalue weighted by molar-refractivity contribution is -0.133. The predicted octanol–water partition coefficient (Wildman–Crippen LogP) is 3.05. The van der Waals surface area contributed by atoms with Crippen LogP contribution in [-0.2, 0) is 4.79 Å². The van der Waals surface area contributed by atoms with E-state index in [1.807, 2.05) is 0 Å². The third-order valence-corrected chi connectivity index (χ3v) is 7.42. The summed E-state index contributed by atoms with van der Waals surface area (Å²) in [4.78, 5) is 19.1. The molecule has 0 spiro atoms. The minimum atomic E-state index is -0.584. The van der Waals surface area contributed by atoms with Gasteiger partial charge in [-0.1, -0.05) is 24.1 Å². The Labute approximate surface area is 175 Å². The van der Waals surface area contributed by atoms with Crippen molar-refractivity contribution in [3.8, 4) is 0 Å². The molecule has 0 aliphatic carbocycles. The molecule has 4 rings (SSSR count). The summed E-state index contributed by atoms with van der Waals surface area (Å²) in [6.45, 7) is 9.39. The van der Waals surface area contributed by atoms with Crippen LogP contribution in [0.4, 0.5) is 5.69 Å². The second kappa shape index (κ2) is 8.65. The number of aliphatic hydroxyl groups is 1. The Kier molecular flexibility index (Phi) is 6.16. The Hall–Kier alpha value is -1.59. The Balaban J connectivity index is 1.33. The minimum Gasteiger partial charge on any atom is -0.388 e.